The molecule has 0 saturated carbocycles. The maximum atomic E-state index is 4.22. The summed E-state index contributed by atoms with van der Waals surface area (Å²) in [6, 6.07) is 10.5. The van der Waals surface area contributed by atoms with E-state index in [2.05, 4.69) is 34.6 Å². The van der Waals surface area contributed by atoms with E-state index in [4.69, 9.17) is 0 Å². The van der Waals surface area contributed by atoms with Crippen molar-refractivity contribution in [3.05, 3.63) is 46.9 Å². The molecule has 2 aromatic rings. The van der Waals surface area contributed by atoms with Crippen molar-refractivity contribution in [2.24, 2.45) is 0 Å². The fraction of sp³-hybridized carbons (Fsp3) is 0.250. The summed E-state index contributed by atoms with van der Waals surface area (Å²) in [4.78, 5) is 5.55. The Morgan fingerprint density at radius 2 is 2.12 bits per heavy atom. The van der Waals surface area contributed by atoms with E-state index in [-0.39, 0.29) is 0 Å². The first kappa shape index (κ1) is 11.6. The van der Waals surface area contributed by atoms with Crippen LogP contribution in [0.4, 0.5) is 0 Å². The van der Waals surface area contributed by atoms with Gasteiger partial charge in [0.25, 0.3) is 0 Å². The zero-order valence-electron chi connectivity index (χ0n) is 8.93. The maximum absolute atomic E-state index is 4.22. The van der Waals surface area contributed by atoms with E-state index in [0.29, 0.717) is 0 Å². The van der Waals surface area contributed by atoms with Gasteiger partial charge in [-0.1, -0.05) is 18.2 Å². The summed E-state index contributed by atoms with van der Waals surface area (Å²) in [5.41, 5.74) is 0. The molecule has 1 N–H and O–H groups in total. The van der Waals surface area contributed by atoms with E-state index in [9.17, 15) is 0 Å². The monoisotopic (exact) mass is 250 g/mol. The number of hydrogen-bond acceptors (Lipinski definition) is 4. The van der Waals surface area contributed by atoms with Crippen molar-refractivity contribution in [1.29, 1.82) is 0 Å². The lowest BCUT2D eigenvalue weighted by atomic mass is 10.4. The smallest absolute Gasteiger partial charge is 0.106 e. The van der Waals surface area contributed by atoms with Crippen molar-refractivity contribution in [2.45, 2.75) is 11.4 Å². The molecule has 0 bridgehead atoms. The predicted octanol–water partition coefficient (Wildman–Crippen LogP) is 3.03. The Bertz CT molecular complexity index is 387. The Morgan fingerprint density at radius 1 is 1.25 bits per heavy atom. The number of aromatic nitrogens is 1. The molecule has 0 fully saturated rings. The van der Waals surface area contributed by atoms with Gasteiger partial charge in [-0.25, -0.2) is 4.98 Å². The van der Waals surface area contributed by atoms with Crippen LogP contribution < -0.4 is 5.32 Å². The van der Waals surface area contributed by atoms with E-state index in [1.54, 1.807) is 11.3 Å². The minimum atomic E-state index is 0.882. The molecule has 0 saturated heterocycles. The predicted molar refractivity (Wildman–Crippen MR) is 71.0 cm³/mol. The van der Waals surface area contributed by atoms with E-state index in [1.165, 1.54) is 4.90 Å². The molecule has 0 amide bonds. The number of thioether (sulfide) groups is 1. The molecular formula is C12H14N2S2. The highest BCUT2D eigenvalue weighted by atomic mass is 32.2. The van der Waals surface area contributed by atoms with Crippen molar-refractivity contribution in [3.63, 3.8) is 0 Å². The molecule has 0 unspecified atom stereocenters. The summed E-state index contributed by atoms with van der Waals surface area (Å²) in [5.74, 6) is 1.09. The van der Waals surface area contributed by atoms with Crippen LogP contribution in [0.1, 0.15) is 5.01 Å². The highest BCUT2D eigenvalue weighted by Gasteiger charge is 1.95. The summed E-state index contributed by atoms with van der Waals surface area (Å²) in [5, 5.41) is 6.55. The Balaban J connectivity index is 1.59. The van der Waals surface area contributed by atoms with Crippen LogP contribution in [0.25, 0.3) is 0 Å². The van der Waals surface area contributed by atoms with Gasteiger partial charge in [-0.05, 0) is 12.1 Å². The van der Waals surface area contributed by atoms with Crippen molar-refractivity contribution >= 4 is 23.1 Å². The Kier molecular flexibility index (Phi) is 4.86. The molecule has 84 valence electrons. The van der Waals surface area contributed by atoms with Gasteiger partial charge in [0.1, 0.15) is 5.01 Å². The van der Waals surface area contributed by atoms with Crippen LogP contribution in [0.15, 0.2) is 46.8 Å². The van der Waals surface area contributed by atoms with Gasteiger partial charge < -0.3 is 5.32 Å². The van der Waals surface area contributed by atoms with Gasteiger partial charge in [0.2, 0.25) is 0 Å². The van der Waals surface area contributed by atoms with Crippen LogP contribution in [0.2, 0.25) is 0 Å². The summed E-state index contributed by atoms with van der Waals surface area (Å²) < 4.78 is 0. The zero-order chi connectivity index (χ0) is 11.1. The molecule has 0 atom stereocenters. The molecule has 1 heterocycles. The second-order valence-corrected chi connectivity index (χ2v) is 5.41. The number of hydrogen-bond donors (Lipinski definition) is 1. The minimum absolute atomic E-state index is 0.882. The second kappa shape index (κ2) is 6.68. The molecule has 0 spiro atoms. The first-order valence-electron chi connectivity index (χ1n) is 5.22. The van der Waals surface area contributed by atoms with Crippen LogP contribution in [0, 0.1) is 0 Å². The van der Waals surface area contributed by atoms with Crippen molar-refractivity contribution < 1.29 is 0 Å². The molecule has 1 aromatic carbocycles. The largest absolute Gasteiger partial charge is 0.310 e. The third kappa shape index (κ3) is 3.96. The maximum Gasteiger partial charge on any atom is 0.106 e. The lowest BCUT2D eigenvalue weighted by Crippen LogP contribution is -2.16. The van der Waals surface area contributed by atoms with Crippen LogP contribution in [-0.4, -0.2) is 17.3 Å². The third-order valence-corrected chi connectivity index (χ3v) is 3.84. The Morgan fingerprint density at radius 3 is 2.88 bits per heavy atom. The van der Waals surface area contributed by atoms with Crippen LogP contribution >= 0.6 is 23.1 Å². The number of thiazole rings is 1. The van der Waals surface area contributed by atoms with Gasteiger partial charge in [-0.3, -0.25) is 0 Å². The number of benzene rings is 1. The SMILES string of the molecule is c1ccc(SCCNCc2nccs2)cc1. The molecule has 2 rings (SSSR count). The van der Waals surface area contributed by atoms with E-state index in [1.807, 2.05) is 29.4 Å². The quantitative estimate of drug-likeness (QED) is 0.630. The van der Waals surface area contributed by atoms with Crippen molar-refractivity contribution in [1.82, 2.24) is 10.3 Å². The number of rotatable bonds is 6. The minimum Gasteiger partial charge on any atom is -0.310 e. The third-order valence-electron chi connectivity index (χ3n) is 2.05. The Hall–Kier alpha value is -0.840. The second-order valence-electron chi connectivity index (χ2n) is 3.26. The molecule has 0 aliphatic carbocycles. The van der Waals surface area contributed by atoms with E-state index < -0.39 is 0 Å². The zero-order valence-corrected chi connectivity index (χ0v) is 10.6. The van der Waals surface area contributed by atoms with Gasteiger partial charge in [0, 0.05) is 35.3 Å². The average molecular weight is 250 g/mol. The van der Waals surface area contributed by atoms with Crippen LogP contribution in [-0.2, 0) is 6.54 Å². The van der Waals surface area contributed by atoms with E-state index >= 15 is 0 Å². The Labute approximate surface area is 104 Å². The first-order chi connectivity index (χ1) is 7.95. The number of nitrogens with one attached hydrogen (secondary N) is 1. The first-order valence-corrected chi connectivity index (χ1v) is 7.08. The van der Waals surface area contributed by atoms with Gasteiger partial charge in [-0.15, -0.1) is 23.1 Å². The summed E-state index contributed by atoms with van der Waals surface area (Å²) >= 11 is 3.58. The topological polar surface area (TPSA) is 24.9 Å². The van der Waals surface area contributed by atoms with Gasteiger partial charge in [0.15, 0.2) is 0 Å². The van der Waals surface area contributed by atoms with Crippen LogP contribution in [0.3, 0.4) is 0 Å². The van der Waals surface area contributed by atoms with Crippen molar-refractivity contribution in [2.75, 3.05) is 12.3 Å². The van der Waals surface area contributed by atoms with Crippen LogP contribution in [0.5, 0.6) is 0 Å². The van der Waals surface area contributed by atoms with Gasteiger partial charge in [0.05, 0.1) is 0 Å². The molecule has 4 heteroatoms. The number of nitrogens with zero attached hydrogens (tertiary/aromatic N) is 1. The lowest BCUT2D eigenvalue weighted by molar-refractivity contribution is 0.727. The highest BCUT2D eigenvalue weighted by molar-refractivity contribution is 7.99. The molecular weight excluding hydrogens is 236 g/mol. The fourth-order valence-corrected chi connectivity index (χ4v) is 2.71. The van der Waals surface area contributed by atoms with E-state index in [0.717, 1.165) is 23.8 Å². The normalized spacial score (nSPS) is 10.5. The summed E-state index contributed by atoms with van der Waals surface area (Å²) in [6.45, 7) is 1.89. The average Bonchev–Trinajstić information content (AvgIpc) is 2.83. The summed E-state index contributed by atoms with van der Waals surface area (Å²) in [6.07, 6.45) is 1.85. The molecule has 0 aliphatic heterocycles. The molecule has 16 heavy (non-hydrogen) atoms. The van der Waals surface area contributed by atoms with Crippen molar-refractivity contribution in [3.8, 4) is 0 Å². The molecule has 0 aliphatic rings. The lowest BCUT2D eigenvalue weighted by Gasteiger charge is -2.02. The van der Waals surface area contributed by atoms with Gasteiger partial charge >= 0.3 is 0 Å². The highest BCUT2D eigenvalue weighted by Crippen LogP contribution is 2.15. The summed E-state index contributed by atoms with van der Waals surface area (Å²) in [7, 11) is 0. The molecule has 0 radical (unpaired) electrons. The standard InChI is InChI=1S/C12H14N2S2/c1-2-4-11(5-3-1)15-8-6-13-10-12-14-7-9-16-12/h1-5,7,9,13H,6,8,10H2. The fourth-order valence-electron chi connectivity index (χ4n) is 1.29. The molecule has 1 aromatic heterocycles. The van der Waals surface area contributed by atoms with Gasteiger partial charge in [-0.2, -0.15) is 0 Å². The molecule has 2 nitrogen and oxygen atoms in total.